The van der Waals surface area contributed by atoms with Gasteiger partial charge in [-0.3, -0.25) is 4.72 Å². The summed E-state index contributed by atoms with van der Waals surface area (Å²) in [5.41, 5.74) is 12.6. The van der Waals surface area contributed by atoms with Gasteiger partial charge >= 0.3 is 19.5 Å². The molecule has 0 bridgehead atoms. The molecule has 3 aromatic heterocycles. The van der Waals surface area contributed by atoms with Crippen LogP contribution in [0.25, 0.3) is 22.6 Å². The summed E-state index contributed by atoms with van der Waals surface area (Å²) in [7, 11) is -4.91. The van der Waals surface area contributed by atoms with Crippen molar-refractivity contribution in [2.75, 3.05) is 16.2 Å². The van der Waals surface area contributed by atoms with Crippen molar-refractivity contribution in [1.29, 1.82) is 0 Å². The van der Waals surface area contributed by atoms with E-state index < -0.39 is 59.5 Å². The van der Waals surface area contributed by atoms with Crippen LogP contribution in [0.3, 0.4) is 0 Å². The number of hydrogen-bond donors (Lipinski definition) is 5. The minimum Gasteiger partial charge on any atom is -0.473 e. The number of rotatable bonds is 7. The van der Waals surface area contributed by atoms with E-state index in [9.17, 15) is 43.2 Å². The third-order valence-electron chi connectivity index (χ3n) is 8.32. The highest BCUT2D eigenvalue weighted by molar-refractivity contribution is 14.1. The Labute approximate surface area is 413 Å². The zero-order chi connectivity index (χ0) is 49.4. The van der Waals surface area contributed by atoms with Gasteiger partial charge in [-0.05, 0) is 132 Å². The van der Waals surface area contributed by atoms with Crippen LogP contribution in [0.4, 0.5) is 43.4 Å². The van der Waals surface area contributed by atoms with Crippen LogP contribution in [0.2, 0.25) is 0 Å². The Morgan fingerprint density at radius 2 is 1.00 bits per heavy atom. The molecule has 0 aliphatic rings. The molecule has 0 fully saturated rings. The molecule has 8 aromatic rings. The fraction of sp³-hybridized carbons (Fsp3) is 0.0870. The molecule has 0 saturated heterocycles. The van der Waals surface area contributed by atoms with E-state index in [0.717, 1.165) is 62.7 Å². The Hall–Kier alpha value is -6.18. The summed E-state index contributed by atoms with van der Waals surface area (Å²) in [5, 5.41) is 16.7. The molecule has 69 heavy (non-hydrogen) atoms. The molecule has 12 nitrogen and oxygen atoms in total. The van der Waals surface area contributed by atoms with E-state index >= 15 is 0 Å². The van der Waals surface area contributed by atoms with E-state index in [-0.39, 0.29) is 26.2 Å². The Kier molecular flexibility index (Phi) is 22.7. The Morgan fingerprint density at radius 1 is 0.551 bits per heavy atom. The summed E-state index contributed by atoms with van der Waals surface area (Å²) in [6.45, 7) is 0. The third kappa shape index (κ3) is 18.7. The normalized spacial score (nSPS) is 10.9. The average Bonchev–Trinajstić information content (AvgIpc) is 4.11. The van der Waals surface area contributed by atoms with Crippen molar-refractivity contribution in [3.63, 3.8) is 0 Å². The monoisotopic (exact) mass is 1130 g/mol. The standard InChI is InChI=1S/C17H12F3NO3S.C10H9NO.C7H4ClF3O2S.C6H6IN.C4H5BO3.2CH4/c18-17(19,20)12-5-3-6-13(11-12)25(22,23)21-15-8-2-1-7-14(15)16-9-4-10-24-16;11-9-5-2-1-4-8(9)10-6-3-7-12-10;8-14(12,13)6-3-1-2-5(4-6)7(9,10)11;7-5-3-1-2-4-6(5)8;6-5(7)4-2-1-3-8-4;;/h1-11,21H;1-7H,11H2;1-4H;1-4H,8H2;1-3,6-7H;2*1H4. The van der Waals surface area contributed by atoms with Crippen molar-refractivity contribution in [3.05, 3.63) is 191 Å². The van der Waals surface area contributed by atoms with Crippen LogP contribution in [-0.4, -0.2) is 34.0 Å². The molecule has 0 unspecified atom stereocenters. The lowest BCUT2D eigenvalue weighted by Gasteiger charge is -2.13. The quantitative estimate of drug-likeness (QED) is 0.0333. The van der Waals surface area contributed by atoms with Gasteiger partial charge in [0.15, 0.2) is 0 Å². The van der Waals surface area contributed by atoms with Crippen LogP contribution >= 0.6 is 33.3 Å². The van der Waals surface area contributed by atoms with Gasteiger partial charge in [0, 0.05) is 36.8 Å². The number of alkyl halides is 6. The van der Waals surface area contributed by atoms with Crippen molar-refractivity contribution in [2.24, 2.45) is 0 Å². The fourth-order valence-electron chi connectivity index (χ4n) is 5.15. The van der Waals surface area contributed by atoms with Gasteiger partial charge in [0.05, 0.1) is 45.4 Å². The molecule has 7 N–H and O–H groups in total. The number of nitrogen functional groups attached to an aromatic ring is 2. The Balaban J connectivity index is 0.000000317. The molecule has 368 valence electrons. The first-order valence-corrected chi connectivity index (χ1v) is 23.6. The number of benzene rings is 5. The SMILES string of the molecule is C.C.Nc1ccccc1-c1ccco1.Nc1ccccc1I.O=S(=O)(Cl)c1cccc(C(F)(F)F)c1.O=S(=O)(Nc1ccccc1-c1ccco1)c1cccc(C(F)(F)F)c1.OB(O)c1ccco1. The Bertz CT molecular complexity index is 2980. The van der Waals surface area contributed by atoms with E-state index in [1.54, 1.807) is 42.7 Å². The van der Waals surface area contributed by atoms with Crippen LogP contribution < -0.4 is 21.8 Å². The molecule has 0 atom stereocenters. The van der Waals surface area contributed by atoms with Crippen LogP contribution in [0, 0.1) is 3.57 Å². The maximum absolute atomic E-state index is 12.8. The van der Waals surface area contributed by atoms with Crippen LogP contribution in [0.5, 0.6) is 0 Å². The van der Waals surface area contributed by atoms with Crippen molar-refractivity contribution >= 4 is 82.2 Å². The molecular formula is C46H44BClF6IN3O9S2. The zero-order valence-corrected chi connectivity index (χ0v) is 38.6. The van der Waals surface area contributed by atoms with E-state index in [4.69, 9.17) is 41.0 Å². The van der Waals surface area contributed by atoms with Crippen molar-refractivity contribution in [2.45, 2.75) is 37.0 Å². The van der Waals surface area contributed by atoms with Gasteiger partial charge in [-0.25, -0.2) is 16.8 Å². The highest BCUT2D eigenvalue weighted by Gasteiger charge is 2.32. The van der Waals surface area contributed by atoms with E-state index in [0.29, 0.717) is 23.5 Å². The number of halogens is 8. The lowest BCUT2D eigenvalue weighted by Crippen LogP contribution is -2.27. The minimum absolute atomic E-state index is 0. The number of sulfonamides is 1. The zero-order valence-electron chi connectivity index (χ0n) is 34.1. The molecule has 0 aliphatic carbocycles. The van der Waals surface area contributed by atoms with Gasteiger partial charge in [0.25, 0.3) is 19.1 Å². The molecule has 23 heteroatoms. The molecule has 0 radical (unpaired) electrons. The van der Waals surface area contributed by atoms with Gasteiger partial charge in [-0.15, -0.1) is 0 Å². The predicted molar refractivity (Wildman–Crippen MR) is 265 cm³/mol. The van der Waals surface area contributed by atoms with Gasteiger partial charge < -0.3 is 34.8 Å². The second-order valence-electron chi connectivity index (χ2n) is 13.1. The fourth-order valence-corrected chi connectivity index (χ4v) is 7.46. The molecule has 0 spiro atoms. The second-order valence-corrected chi connectivity index (χ2v) is 18.5. The number of nitrogens with one attached hydrogen (secondary N) is 1. The summed E-state index contributed by atoms with van der Waals surface area (Å²) in [6.07, 6.45) is -4.74. The minimum atomic E-state index is -4.63. The van der Waals surface area contributed by atoms with Crippen LogP contribution in [0.1, 0.15) is 26.0 Å². The molecule has 0 amide bonds. The second kappa shape index (κ2) is 26.5. The average molecular weight is 1130 g/mol. The van der Waals surface area contributed by atoms with Crippen LogP contribution in [-0.2, 0) is 31.4 Å². The molecule has 0 aliphatic heterocycles. The maximum Gasteiger partial charge on any atom is 0.526 e. The molecular weight excluding hydrogens is 1090 g/mol. The number of hydrogen-bond acceptors (Lipinski definition) is 11. The lowest BCUT2D eigenvalue weighted by atomic mass is 9.88. The first-order chi connectivity index (χ1) is 31.5. The highest BCUT2D eigenvalue weighted by Crippen LogP contribution is 2.34. The number of furan rings is 3. The van der Waals surface area contributed by atoms with Crippen LogP contribution in [0.15, 0.2) is 200 Å². The van der Waals surface area contributed by atoms with E-state index in [2.05, 4.69) is 31.7 Å². The molecule has 8 rings (SSSR count). The van der Waals surface area contributed by atoms with Gasteiger partial charge in [0.1, 0.15) is 17.2 Å². The van der Waals surface area contributed by atoms with Crippen molar-refractivity contribution in [1.82, 2.24) is 0 Å². The topological polar surface area (TPSA) is 212 Å². The number of nitrogens with two attached hydrogens (primary N) is 2. The summed E-state index contributed by atoms with van der Waals surface area (Å²) in [6, 6.07) is 38.8. The summed E-state index contributed by atoms with van der Waals surface area (Å²) >= 11 is 2.20. The lowest BCUT2D eigenvalue weighted by molar-refractivity contribution is -0.138. The Morgan fingerprint density at radius 3 is 1.42 bits per heavy atom. The third-order valence-corrected chi connectivity index (χ3v) is 12.0. The highest BCUT2D eigenvalue weighted by atomic mass is 127. The van der Waals surface area contributed by atoms with E-state index in [1.807, 2.05) is 60.7 Å². The van der Waals surface area contributed by atoms with Gasteiger partial charge in [-0.1, -0.05) is 63.4 Å². The summed E-state index contributed by atoms with van der Waals surface area (Å²) in [5.74, 6) is 1.25. The summed E-state index contributed by atoms with van der Waals surface area (Å²) in [4.78, 5) is -1.04. The van der Waals surface area contributed by atoms with Crippen molar-refractivity contribution in [3.8, 4) is 22.6 Å². The summed E-state index contributed by atoms with van der Waals surface area (Å²) < 4.78 is 140. The molecule has 3 heterocycles. The van der Waals surface area contributed by atoms with Crippen molar-refractivity contribution < 1.29 is 66.5 Å². The predicted octanol–water partition coefficient (Wildman–Crippen LogP) is 12.0. The maximum atomic E-state index is 12.8. The molecule has 5 aromatic carbocycles. The van der Waals surface area contributed by atoms with Gasteiger partial charge in [-0.2, -0.15) is 26.3 Å². The largest absolute Gasteiger partial charge is 0.526 e. The smallest absolute Gasteiger partial charge is 0.473 e. The number of anilines is 3. The van der Waals surface area contributed by atoms with E-state index in [1.165, 1.54) is 24.7 Å². The van der Waals surface area contributed by atoms with Gasteiger partial charge in [0.2, 0.25) is 0 Å². The first kappa shape index (κ1) is 58.9. The number of para-hydroxylation sites is 3. The first-order valence-electron chi connectivity index (χ1n) is 18.7. The molecule has 0 saturated carbocycles.